The standard InChI is InChI=1S/C13H15F3N2O.ClH/c1-7-6-18(5-4-10(7)17)13(19)8-2-3-9(14)12(16)11(8)15;/h2-3,7,10H,4-6,17H2,1H3;1H. The largest absolute Gasteiger partial charge is 0.338 e. The number of hydrogen-bond donors (Lipinski definition) is 1. The Morgan fingerprint density at radius 3 is 2.55 bits per heavy atom. The minimum atomic E-state index is -1.62. The molecule has 1 aliphatic heterocycles. The third-order valence-corrected chi connectivity index (χ3v) is 3.52. The summed E-state index contributed by atoms with van der Waals surface area (Å²) in [5.41, 5.74) is 5.39. The fraction of sp³-hybridized carbons (Fsp3) is 0.462. The number of rotatable bonds is 1. The summed E-state index contributed by atoms with van der Waals surface area (Å²) in [6, 6.07) is 1.72. The first kappa shape index (κ1) is 16.8. The molecule has 0 aromatic heterocycles. The molecule has 1 aliphatic rings. The number of carbonyl (C=O) groups is 1. The number of nitrogens with two attached hydrogens (primary N) is 1. The lowest BCUT2D eigenvalue weighted by atomic mass is 9.94. The highest BCUT2D eigenvalue weighted by molar-refractivity contribution is 5.94. The molecule has 1 amide bonds. The summed E-state index contributed by atoms with van der Waals surface area (Å²) in [4.78, 5) is 13.5. The van der Waals surface area contributed by atoms with Gasteiger partial charge in [0.15, 0.2) is 17.5 Å². The van der Waals surface area contributed by atoms with Crippen molar-refractivity contribution >= 4 is 18.3 Å². The normalized spacial score (nSPS) is 22.4. The Labute approximate surface area is 121 Å². The minimum Gasteiger partial charge on any atom is -0.338 e. The van der Waals surface area contributed by atoms with E-state index >= 15 is 0 Å². The van der Waals surface area contributed by atoms with Gasteiger partial charge in [0, 0.05) is 19.1 Å². The van der Waals surface area contributed by atoms with Gasteiger partial charge in [-0.05, 0) is 24.5 Å². The van der Waals surface area contributed by atoms with Crippen molar-refractivity contribution in [3.8, 4) is 0 Å². The number of piperidine rings is 1. The summed E-state index contributed by atoms with van der Waals surface area (Å²) in [6.07, 6.45) is 0.609. The summed E-state index contributed by atoms with van der Waals surface area (Å²) in [5, 5.41) is 0. The Bertz CT molecular complexity index is 513. The molecule has 1 aromatic rings. The maximum absolute atomic E-state index is 13.6. The van der Waals surface area contributed by atoms with Gasteiger partial charge in [0.05, 0.1) is 5.56 Å². The van der Waals surface area contributed by atoms with E-state index in [9.17, 15) is 18.0 Å². The monoisotopic (exact) mass is 308 g/mol. The zero-order valence-electron chi connectivity index (χ0n) is 10.9. The van der Waals surface area contributed by atoms with E-state index in [-0.39, 0.29) is 24.4 Å². The average molecular weight is 309 g/mol. The van der Waals surface area contributed by atoms with E-state index in [0.29, 0.717) is 19.5 Å². The number of carbonyl (C=O) groups excluding carboxylic acids is 1. The van der Waals surface area contributed by atoms with Gasteiger partial charge in [0.25, 0.3) is 5.91 Å². The first-order valence-corrected chi connectivity index (χ1v) is 6.10. The summed E-state index contributed by atoms with van der Waals surface area (Å²) in [6.45, 7) is 2.67. The Balaban J connectivity index is 0.00000200. The van der Waals surface area contributed by atoms with Crippen LogP contribution < -0.4 is 5.73 Å². The number of halogens is 4. The number of benzene rings is 1. The molecule has 0 spiro atoms. The molecule has 2 unspecified atom stereocenters. The molecule has 0 aliphatic carbocycles. The maximum atomic E-state index is 13.6. The molecule has 3 nitrogen and oxygen atoms in total. The van der Waals surface area contributed by atoms with Crippen molar-refractivity contribution in [1.82, 2.24) is 4.90 Å². The van der Waals surface area contributed by atoms with Crippen molar-refractivity contribution in [2.24, 2.45) is 11.7 Å². The fourth-order valence-electron chi connectivity index (χ4n) is 2.21. The fourth-order valence-corrected chi connectivity index (χ4v) is 2.21. The SMILES string of the molecule is CC1CN(C(=O)c2ccc(F)c(F)c2F)CCC1N.Cl. The van der Waals surface area contributed by atoms with Crippen LogP contribution in [0.15, 0.2) is 12.1 Å². The molecule has 0 bridgehead atoms. The number of nitrogens with zero attached hydrogens (tertiary/aromatic N) is 1. The van der Waals surface area contributed by atoms with E-state index in [4.69, 9.17) is 5.73 Å². The molecule has 112 valence electrons. The molecular weight excluding hydrogens is 293 g/mol. The molecule has 2 rings (SSSR count). The molecule has 0 radical (unpaired) electrons. The zero-order chi connectivity index (χ0) is 14.2. The van der Waals surface area contributed by atoms with Gasteiger partial charge < -0.3 is 10.6 Å². The number of likely N-dealkylation sites (tertiary alicyclic amines) is 1. The molecule has 20 heavy (non-hydrogen) atoms. The number of amides is 1. The lowest BCUT2D eigenvalue weighted by Crippen LogP contribution is -2.48. The first-order chi connectivity index (χ1) is 8.91. The van der Waals surface area contributed by atoms with Crippen molar-refractivity contribution in [2.45, 2.75) is 19.4 Å². The van der Waals surface area contributed by atoms with Gasteiger partial charge in [0.1, 0.15) is 0 Å². The van der Waals surface area contributed by atoms with Crippen LogP contribution >= 0.6 is 12.4 Å². The molecule has 7 heteroatoms. The second-order valence-corrected chi connectivity index (χ2v) is 4.90. The maximum Gasteiger partial charge on any atom is 0.256 e. The average Bonchev–Trinajstić information content (AvgIpc) is 2.39. The second-order valence-electron chi connectivity index (χ2n) is 4.90. The van der Waals surface area contributed by atoms with Crippen molar-refractivity contribution in [2.75, 3.05) is 13.1 Å². The highest BCUT2D eigenvalue weighted by Gasteiger charge is 2.29. The third-order valence-electron chi connectivity index (χ3n) is 3.52. The Morgan fingerprint density at radius 1 is 1.30 bits per heavy atom. The van der Waals surface area contributed by atoms with Crippen LogP contribution in [0.2, 0.25) is 0 Å². The Kier molecular flexibility index (Phi) is 5.42. The van der Waals surface area contributed by atoms with Crippen molar-refractivity contribution < 1.29 is 18.0 Å². The predicted molar refractivity (Wildman–Crippen MR) is 71.2 cm³/mol. The van der Waals surface area contributed by atoms with E-state index in [1.807, 2.05) is 6.92 Å². The van der Waals surface area contributed by atoms with Crippen LogP contribution in [0, 0.1) is 23.4 Å². The molecule has 1 fully saturated rings. The Morgan fingerprint density at radius 2 is 1.95 bits per heavy atom. The molecule has 1 heterocycles. The van der Waals surface area contributed by atoms with Gasteiger partial charge >= 0.3 is 0 Å². The van der Waals surface area contributed by atoms with Crippen LogP contribution in [0.5, 0.6) is 0 Å². The Hall–Kier alpha value is -1.27. The topological polar surface area (TPSA) is 46.3 Å². The van der Waals surface area contributed by atoms with Crippen LogP contribution in [0.25, 0.3) is 0 Å². The van der Waals surface area contributed by atoms with Gasteiger partial charge in [-0.15, -0.1) is 12.4 Å². The van der Waals surface area contributed by atoms with E-state index in [2.05, 4.69) is 0 Å². The second kappa shape index (κ2) is 6.45. The van der Waals surface area contributed by atoms with E-state index in [1.54, 1.807) is 0 Å². The van der Waals surface area contributed by atoms with Gasteiger partial charge in [-0.1, -0.05) is 6.92 Å². The van der Waals surface area contributed by atoms with Crippen LogP contribution in [-0.2, 0) is 0 Å². The van der Waals surface area contributed by atoms with Gasteiger partial charge in [-0.2, -0.15) is 0 Å². The molecule has 1 aromatic carbocycles. The molecule has 2 atom stereocenters. The lowest BCUT2D eigenvalue weighted by Gasteiger charge is -2.35. The van der Waals surface area contributed by atoms with Crippen LogP contribution in [-0.4, -0.2) is 29.9 Å². The van der Waals surface area contributed by atoms with E-state index < -0.39 is 28.9 Å². The van der Waals surface area contributed by atoms with E-state index in [1.165, 1.54) is 4.90 Å². The number of hydrogen-bond acceptors (Lipinski definition) is 2. The third kappa shape index (κ3) is 3.07. The van der Waals surface area contributed by atoms with Gasteiger partial charge in [-0.3, -0.25) is 4.79 Å². The smallest absolute Gasteiger partial charge is 0.256 e. The summed E-state index contributed by atoms with van der Waals surface area (Å²) in [7, 11) is 0. The van der Waals surface area contributed by atoms with E-state index in [0.717, 1.165) is 12.1 Å². The molecule has 0 saturated carbocycles. The summed E-state index contributed by atoms with van der Waals surface area (Å²) >= 11 is 0. The zero-order valence-corrected chi connectivity index (χ0v) is 11.7. The summed E-state index contributed by atoms with van der Waals surface area (Å²) < 4.78 is 39.5. The predicted octanol–water partition coefficient (Wildman–Crippen LogP) is 2.34. The molecule has 1 saturated heterocycles. The van der Waals surface area contributed by atoms with Crippen LogP contribution in [0.4, 0.5) is 13.2 Å². The van der Waals surface area contributed by atoms with Crippen LogP contribution in [0.1, 0.15) is 23.7 Å². The quantitative estimate of drug-likeness (QED) is 0.809. The highest BCUT2D eigenvalue weighted by Crippen LogP contribution is 2.21. The minimum absolute atomic E-state index is 0. The van der Waals surface area contributed by atoms with Gasteiger partial charge in [-0.25, -0.2) is 13.2 Å². The highest BCUT2D eigenvalue weighted by atomic mass is 35.5. The molecule has 2 N–H and O–H groups in total. The van der Waals surface area contributed by atoms with Crippen LogP contribution in [0.3, 0.4) is 0 Å². The van der Waals surface area contributed by atoms with Gasteiger partial charge in [0.2, 0.25) is 0 Å². The van der Waals surface area contributed by atoms with Crippen molar-refractivity contribution in [3.63, 3.8) is 0 Å². The van der Waals surface area contributed by atoms with Crippen molar-refractivity contribution in [1.29, 1.82) is 0 Å². The summed E-state index contributed by atoms with van der Waals surface area (Å²) in [5.74, 6) is -4.90. The first-order valence-electron chi connectivity index (χ1n) is 6.10. The van der Waals surface area contributed by atoms with Crippen molar-refractivity contribution in [3.05, 3.63) is 35.1 Å². The molecular formula is C13H16ClF3N2O. The lowest BCUT2D eigenvalue weighted by molar-refractivity contribution is 0.0658.